The largest absolute Gasteiger partial charge is 0.493 e. The lowest BCUT2D eigenvalue weighted by Gasteiger charge is -2.64. The number of likely N-dealkylation sites (N-methyl/N-ethyl adjacent to an activating group) is 1. The van der Waals surface area contributed by atoms with E-state index < -0.39 is 17.1 Å². The number of piperidine rings is 1. The zero-order valence-corrected chi connectivity index (χ0v) is 19.7. The van der Waals surface area contributed by atoms with E-state index in [0.29, 0.717) is 13.0 Å². The Labute approximate surface area is 199 Å². The van der Waals surface area contributed by atoms with Gasteiger partial charge in [0.05, 0.1) is 24.7 Å². The molecule has 4 atom stereocenters. The van der Waals surface area contributed by atoms with Crippen molar-refractivity contribution in [3.63, 3.8) is 0 Å². The Kier molecular flexibility index (Phi) is 4.25. The fraction of sp³-hybridized carbons (Fsp3) is 0.414. The van der Waals surface area contributed by atoms with Crippen molar-refractivity contribution in [2.45, 2.75) is 55.5 Å². The molecule has 2 aliphatic heterocycles. The van der Waals surface area contributed by atoms with Crippen molar-refractivity contribution in [2.24, 2.45) is 0 Å². The van der Waals surface area contributed by atoms with Crippen molar-refractivity contribution in [2.75, 3.05) is 20.7 Å². The molecule has 1 spiro atoms. The molecule has 7 rings (SSSR count). The number of ether oxygens (including phenoxy) is 3. The van der Waals surface area contributed by atoms with Crippen LogP contribution in [0.4, 0.5) is 0 Å². The van der Waals surface area contributed by atoms with Gasteiger partial charge in [-0.1, -0.05) is 42.5 Å². The van der Waals surface area contributed by atoms with Crippen LogP contribution in [-0.4, -0.2) is 49.1 Å². The summed E-state index contributed by atoms with van der Waals surface area (Å²) in [7, 11) is 3.88. The number of ketones is 1. The number of hydrogen-bond acceptors (Lipinski definition) is 5. The Morgan fingerprint density at radius 2 is 1.94 bits per heavy atom. The summed E-state index contributed by atoms with van der Waals surface area (Å²) < 4.78 is 19.3. The highest BCUT2D eigenvalue weighted by Crippen LogP contribution is 2.66. The van der Waals surface area contributed by atoms with Crippen LogP contribution in [0.2, 0.25) is 0 Å². The second-order valence-electron chi connectivity index (χ2n) is 10.4. The normalized spacial score (nSPS) is 31.3. The fourth-order valence-electron chi connectivity index (χ4n) is 7.49. The van der Waals surface area contributed by atoms with E-state index in [4.69, 9.17) is 14.2 Å². The van der Waals surface area contributed by atoms with Gasteiger partial charge in [0, 0.05) is 18.0 Å². The maximum absolute atomic E-state index is 13.3. The SMILES string of the molecule is COc1ccc2c3c1O[C@H]1C(=O)CC[C@@]4(OCc5ccc6ccccc6c5)[C@@H](C2)N(C)CC[C@]314. The predicted molar refractivity (Wildman–Crippen MR) is 130 cm³/mol. The van der Waals surface area contributed by atoms with E-state index in [9.17, 15) is 4.79 Å². The minimum absolute atomic E-state index is 0.194. The monoisotopic (exact) mass is 455 g/mol. The zero-order valence-electron chi connectivity index (χ0n) is 19.7. The molecule has 2 bridgehead atoms. The molecule has 4 aliphatic rings. The summed E-state index contributed by atoms with van der Waals surface area (Å²) in [4.78, 5) is 15.8. The maximum atomic E-state index is 13.3. The van der Waals surface area contributed by atoms with Crippen molar-refractivity contribution in [1.29, 1.82) is 0 Å². The van der Waals surface area contributed by atoms with Gasteiger partial charge in [-0.25, -0.2) is 0 Å². The highest BCUT2D eigenvalue weighted by molar-refractivity contribution is 5.90. The van der Waals surface area contributed by atoms with E-state index in [1.807, 2.05) is 6.07 Å². The van der Waals surface area contributed by atoms with Gasteiger partial charge in [0.25, 0.3) is 0 Å². The molecule has 174 valence electrons. The van der Waals surface area contributed by atoms with Crippen LogP contribution < -0.4 is 9.47 Å². The smallest absolute Gasteiger partial charge is 0.174 e. The number of benzene rings is 3. The molecular formula is C29H29NO4. The van der Waals surface area contributed by atoms with Crippen LogP contribution in [0.1, 0.15) is 36.0 Å². The Morgan fingerprint density at radius 3 is 2.79 bits per heavy atom. The van der Waals surface area contributed by atoms with E-state index in [1.165, 1.54) is 21.9 Å². The summed E-state index contributed by atoms with van der Waals surface area (Å²) in [5.74, 6) is 1.68. The number of carbonyl (C=O) groups is 1. The van der Waals surface area contributed by atoms with E-state index in [2.05, 4.69) is 60.5 Å². The van der Waals surface area contributed by atoms with E-state index in [1.54, 1.807) is 7.11 Å². The van der Waals surface area contributed by atoms with Gasteiger partial charge in [-0.3, -0.25) is 4.79 Å². The van der Waals surface area contributed by atoms with E-state index >= 15 is 0 Å². The van der Waals surface area contributed by atoms with Crippen LogP contribution in [0.3, 0.4) is 0 Å². The summed E-state index contributed by atoms with van der Waals surface area (Å²) >= 11 is 0. The van der Waals surface area contributed by atoms with Gasteiger partial charge in [-0.05, 0) is 66.9 Å². The molecular weight excluding hydrogens is 426 g/mol. The number of rotatable bonds is 4. The quantitative estimate of drug-likeness (QED) is 0.583. The van der Waals surface area contributed by atoms with Crippen molar-refractivity contribution in [3.05, 3.63) is 71.3 Å². The standard InChI is InChI=1S/C29H29NO4/c1-30-14-13-28-25-21-9-10-23(32-2)26(25)34-27(28)22(31)11-12-29(28,24(30)16-21)33-17-18-7-8-19-5-3-4-6-20(19)15-18/h3-10,15,24,27H,11-14,16-17H2,1-2H3/t24-,27+,28+,29-/m1/s1. The first-order valence-corrected chi connectivity index (χ1v) is 12.3. The maximum Gasteiger partial charge on any atom is 0.174 e. The number of Topliss-reactive ketones (excluding diaryl/α,β-unsaturated/α-hetero) is 1. The molecule has 5 nitrogen and oxygen atoms in total. The van der Waals surface area contributed by atoms with Gasteiger partial charge >= 0.3 is 0 Å². The molecule has 1 saturated heterocycles. The van der Waals surface area contributed by atoms with Crippen LogP contribution in [0, 0.1) is 0 Å². The average molecular weight is 456 g/mol. The molecule has 34 heavy (non-hydrogen) atoms. The second-order valence-corrected chi connectivity index (χ2v) is 10.4. The Balaban J connectivity index is 1.37. The predicted octanol–water partition coefficient (Wildman–Crippen LogP) is 4.43. The number of fused-ring (bicyclic) bond motifs is 1. The summed E-state index contributed by atoms with van der Waals surface area (Å²) in [5.41, 5.74) is 2.67. The molecule has 0 amide bonds. The third-order valence-electron chi connectivity index (χ3n) is 9.00. The first-order chi connectivity index (χ1) is 16.6. The van der Waals surface area contributed by atoms with Gasteiger partial charge in [0.2, 0.25) is 0 Å². The van der Waals surface area contributed by atoms with Crippen LogP contribution in [0.25, 0.3) is 10.8 Å². The summed E-state index contributed by atoms with van der Waals surface area (Å²) in [6, 6.07) is 19.3. The van der Waals surface area contributed by atoms with E-state index in [-0.39, 0.29) is 11.8 Å². The molecule has 3 aromatic rings. The van der Waals surface area contributed by atoms with Crippen LogP contribution >= 0.6 is 0 Å². The van der Waals surface area contributed by atoms with Gasteiger partial charge in [0.15, 0.2) is 23.4 Å². The highest BCUT2D eigenvalue weighted by atomic mass is 16.5. The third kappa shape index (κ3) is 2.44. The second kappa shape index (κ2) is 7.06. The van der Waals surface area contributed by atoms with Crippen molar-refractivity contribution >= 4 is 16.6 Å². The van der Waals surface area contributed by atoms with Crippen molar-refractivity contribution in [1.82, 2.24) is 4.90 Å². The molecule has 0 unspecified atom stereocenters. The molecule has 1 saturated carbocycles. The minimum Gasteiger partial charge on any atom is -0.493 e. The summed E-state index contributed by atoms with van der Waals surface area (Å²) in [6.45, 7) is 1.45. The Hall–Kier alpha value is -2.89. The average Bonchev–Trinajstić information content (AvgIpc) is 3.22. The number of nitrogens with zero attached hydrogens (tertiary/aromatic N) is 1. The Morgan fingerprint density at radius 1 is 1.09 bits per heavy atom. The molecule has 0 radical (unpaired) electrons. The summed E-state index contributed by atoms with van der Waals surface area (Å²) in [5, 5.41) is 2.45. The summed E-state index contributed by atoms with van der Waals surface area (Å²) in [6.07, 6.45) is 2.46. The van der Waals surface area contributed by atoms with E-state index in [0.717, 1.165) is 42.9 Å². The van der Waals surface area contributed by atoms with Crippen molar-refractivity contribution < 1.29 is 19.0 Å². The molecule has 0 aromatic heterocycles. The molecule has 2 aliphatic carbocycles. The van der Waals surface area contributed by atoms with Crippen LogP contribution in [0.5, 0.6) is 11.5 Å². The lowest BCUT2D eigenvalue weighted by molar-refractivity contribution is -0.215. The lowest BCUT2D eigenvalue weighted by Crippen LogP contribution is -2.76. The zero-order chi connectivity index (χ0) is 23.1. The number of likely N-dealkylation sites (tertiary alicyclic amines) is 1. The van der Waals surface area contributed by atoms with Gasteiger partial charge in [-0.2, -0.15) is 0 Å². The number of methoxy groups -OCH3 is 1. The van der Waals surface area contributed by atoms with Crippen LogP contribution in [-0.2, 0) is 28.0 Å². The van der Waals surface area contributed by atoms with Crippen molar-refractivity contribution in [3.8, 4) is 11.5 Å². The van der Waals surface area contributed by atoms with Gasteiger partial charge < -0.3 is 19.1 Å². The van der Waals surface area contributed by atoms with Gasteiger partial charge in [0.1, 0.15) is 0 Å². The molecule has 5 heteroatoms. The minimum atomic E-state index is -0.501. The molecule has 3 aromatic carbocycles. The number of hydrogen-bond donors (Lipinski definition) is 0. The number of carbonyl (C=O) groups excluding carboxylic acids is 1. The first-order valence-electron chi connectivity index (χ1n) is 12.3. The molecule has 0 N–H and O–H groups in total. The van der Waals surface area contributed by atoms with Gasteiger partial charge in [-0.15, -0.1) is 0 Å². The first kappa shape index (κ1) is 20.5. The highest BCUT2D eigenvalue weighted by Gasteiger charge is 2.74. The fourth-order valence-corrected chi connectivity index (χ4v) is 7.49. The van der Waals surface area contributed by atoms with Crippen LogP contribution in [0.15, 0.2) is 54.6 Å². The third-order valence-corrected chi connectivity index (χ3v) is 9.00. The lowest BCUT2D eigenvalue weighted by atomic mass is 9.49. The molecule has 2 heterocycles. The Bertz CT molecular complexity index is 1330. The topological polar surface area (TPSA) is 48.0 Å². The molecule has 2 fully saturated rings.